The first-order valence-electron chi connectivity index (χ1n) is 9.94. The van der Waals surface area contributed by atoms with Crippen LogP contribution in [0.3, 0.4) is 0 Å². The van der Waals surface area contributed by atoms with Crippen LogP contribution in [0.5, 0.6) is 0 Å². The Balaban J connectivity index is 1.31. The molecular weight excluding hydrogens is 352 g/mol. The lowest BCUT2D eigenvalue weighted by molar-refractivity contribution is -0.132. The smallest absolute Gasteiger partial charge is 0.261 e. The Hall–Kier alpha value is -2.95. The minimum absolute atomic E-state index is 0.120. The fourth-order valence-electron chi connectivity index (χ4n) is 4.24. The van der Waals surface area contributed by atoms with Gasteiger partial charge in [0.2, 0.25) is 5.91 Å². The van der Waals surface area contributed by atoms with E-state index in [2.05, 4.69) is 12.1 Å². The largest absolute Gasteiger partial charge is 0.339 e. The number of hydrogen-bond acceptors (Lipinski definition) is 3. The van der Waals surface area contributed by atoms with Gasteiger partial charge in [0, 0.05) is 25.6 Å². The van der Waals surface area contributed by atoms with Crippen molar-refractivity contribution in [2.24, 2.45) is 0 Å². The van der Waals surface area contributed by atoms with E-state index in [4.69, 9.17) is 0 Å². The van der Waals surface area contributed by atoms with E-state index in [1.807, 2.05) is 23.1 Å². The van der Waals surface area contributed by atoms with E-state index in [9.17, 15) is 14.4 Å². The van der Waals surface area contributed by atoms with Crippen molar-refractivity contribution >= 4 is 17.7 Å². The zero-order valence-electron chi connectivity index (χ0n) is 15.8. The van der Waals surface area contributed by atoms with Crippen LogP contribution in [0.15, 0.2) is 54.6 Å². The number of amides is 3. The molecule has 0 radical (unpaired) electrons. The lowest BCUT2D eigenvalue weighted by atomic mass is 10.0. The van der Waals surface area contributed by atoms with Crippen LogP contribution in [0.1, 0.15) is 52.0 Å². The van der Waals surface area contributed by atoms with Crippen molar-refractivity contribution in [2.75, 3.05) is 13.1 Å². The highest BCUT2D eigenvalue weighted by Gasteiger charge is 2.35. The molecule has 2 aromatic carbocycles. The van der Waals surface area contributed by atoms with Gasteiger partial charge in [0.25, 0.3) is 11.8 Å². The van der Waals surface area contributed by atoms with Crippen LogP contribution in [0, 0.1) is 0 Å². The second-order valence-electron chi connectivity index (χ2n) is 7.48. The molecule has 5 nitrogen and oxygen atoms in total. The van der Waals surface area contributed by atoms with Gasteiger partial charge in [0.15, 0.2) is 0 Å². The van der Waals surface area contributed by atoms with Crippen molar-refractivity contribution in [3.8, 4) is 0 Å². The quantitative estimate of drug-likeness (QED) is 0.727. The highest BCUT2D eigenvalue weighted by molar-refractivity contribution is 6.21. The fraction of sp³-hybridized carbons (Fsp3) is 0.348. The molecule has 0 N–H and O–H groups in total. The zero-order chi connectivity index (χ0) is 19.5. The Kier molecular flexibility index (Phi) is 5.24. The predicted octanol–water partition coefficient (Wildman–Crippen LogP) is 3.30. The summed E-state index contributed by atoms with van der Waals surface area (Å²) < 4.78 is 0. The molecular formula is C23H24N2O3. The minimum atomic E-state index is -0.254. The van der Waals surface area contributed by atoms with E-state index in [-0.39, 0.29) is 30.3 Å². The highest BCUT2D eigenvalue weighted by atomic mass is 16.2. The molecule has 1 atom stereocenters. The summed E-state index contributed by atoms with van der Waals surface area (Å²) in [4.78, 5) is 40.8. The van der Waals surface area contributed by atoms with Gasteiger partial charge >= 0.3 is 0 Å². The SMILES string of the molecule is O=C1c2ccccc2C(=O)N1CCCC(=O)N1CCCC1Cc1ccccc1. The summed E-state index contributed by atoms with van der Waals surface area (Å²) in [7, 11) is 0. The van der Waals surface area contributed by atoms with Crippen LogP contribution in [0.4, 0.5) is 0 Å². The first-order chi connectivity index (χ1) is 13.6. The van der Waals surface area contributed by atoms with Crippen LogP contribution < -0.4 is 0 Å². The normalized spacial score (nSPS) is 18.6. The Morgan fingerprint density at radius 3 is 2.25 bits per heavy atom. The zero-order valence-corrected chi connectivity index (χ0v) is 15.8. The molecule has 0 spiro atoms. The molecule has 144 valence electrons. The molecule has 1 unspecified atom stereocenters. The number of rotatable bonds is 6. The van der Waals surface area contributed by atoms with Gasteiger partial charge in [-0.2, -0.15) is 0 Å². The van der Waals surface area contributed by atoms with Crippen molar-refractivity contribution in [3.63, 3.8) is 0 Å². The fourth-order valence-corrected chi connectivity index (χ4v) is 4.24. The predicted molar refractivity (Wildman–Crippen MR) is 106 cm³/mol. The molecule has 2 aliphatic heterocycles. The van der Waals surface area contributed by atoms with Gasteiger partial charge < -0.3 is 4.90 Å². The molecule has 4 rings (SSSR count). The van der Waals surface area contributed by atoms with E-state index >= 15 is 0 Å². The third-order valence-electron chi connectivity index (χ3n) is 5.66. The van der Waals surface area contributed by atoms with E-state index in [1.54, 1.807) is 24.3 Å². The molecule has 1 fully saturated rings. The second kappa shape index (κ2) is 7.97. The molecule has 0 aliphatic carbocycles. The average Bonchev–Trinajstić information content (AvgIpc) is 3.27. The highest BCUT2D eigenvalue weighted by Crippen LogP contribution is 2.24. The van der Waals surface area contributed by atoms with Crippen molar-refractivity contribution in [2.45, 2.75) is 38.1 Å². The van der Waals surface area contributed by atoms with Gasteiger partial charge in [-0.05, 0) is 43.4 Å². The maximum atomic E-state index is 12.7. The molecule has 2 aliphatic rings. The van der Waals surface area contributed by atoms with Crippen LogP contribution in [0.2, 0.25) is 0 Å². The maximum absolute atomic E-state index is 12.7. The van der Waals surface area contributed by atoms with E-state index in [1.165, 1.54) is 10.5 Å². The maximum Gasteiger partial charge on any atom is 0.261 e. The first kappa shape index (κ1) is 18.4. The Morgan fingerprint density at radius 1 is 0.929 bits per heavy atom. The number of carbonyl (C=O) groups excluding carboxylic acids is 3. The van der Waals surface area contributed by atoms with E-state index in [0.717, 1.165) is 25.8 Å². The van der Waals surface area contributed by atoms with Crippen LogP contribution in [0.25, 0.3) is 0 Å². The molecule has 0 bridgehead atoms. The van der Waals surface area contributed by atoms with Gasteiger partial charge in [0.1, 0.15) is 0 Å². The molecule has 0 aromatic heterocycles. The third kappa shape index (κ3) is 3.57. The van der Waals surface area contributed by atoms with Crippen LogP contribution in [-0.4, -0.2) is 46.7 Å². The Morgan fingerprint density at radius 2 is 1.57 bits per heavy atom. The van der Waals surface area contributed by atoms with Crippen molar-refractivity contribution in [1.29, 1.82) is 0 Å². The number of hydrogen-bond donors (Lipinski definition) is 0. The average molecular weight is 376 g/mol. The standard InChI is InChI=1S/C23H24N2O3/c26-21(24-14-6-10-18(24)16-17-8-2-1-3-9-17)13-7-15-25-22(27)19-11-4-5-12-20(19)23(25)28/h1-5,8-9,11-12,18H,6-7,10,13-16H2. The van der Waals surface area contributed by atoms with Crippen molar-refractivity contribution < 1.29 is 14.4 Å². The molecule has 1 saturated heterocycles. The van der Waals surface area contributed by atoms with Crippen LogP contribution in [-0.2, 0) is 11.2 Å². The summed E-state index contributed by atoms with van der Waals surface area (Å²) in [6.45, 7) is 1.08. The molecule has 0 saturated carbocycles. The van der Waals surface area contributed by atoms with Gasteiger partial charge in [-0.15, -0.1) is 0 Å². The third-order valence-corrected chi connectivity index (χ3v) is 5.66. The molecule has 2 heterocycles. The molecule has 3 amide bonds. The number of nitrogens with zero attached hydrogens (tertiary/aromatic N) is 2. The Labute approximate surface area is 164 Å². The summed E-state index contributed by atoms with van der Waals surface area (Å²) in [6, 6.07) is 17.4. The molecule has 5 heteroatoms. The molecule has 28 heavy (non-hydrogen) atoms. The second-order valence-corrected chi connectivity index (χ2v) is 7.48. The topological polar surface area (TPSA) is 57.7 Å². The van der Waals surface area contributed by atoms with Crippen LogP contribution >= 0.6 is 0 Å². The van der Waals surface area contributed by atoms with Gasteiger partial charge in [-0.3, -0.25) is 19.3 Å². The van der Waals surface area contributed by atoms with Gasteiger partial charge in [-0.25, -0.2) is 0 Å². The summed E-state index contributed by atoms with van der Waals surface area (Å²) in [5.74, 6) is -0.387. The van der Waals surface area contributed by atoms with Crippen molar-refractivity contribution in [3.05, 3.63) is 71.3 Å². The van der Waals surface area contributed by atoms with E-state index < -0.39 is 0 Å². The number of carbonyl (C=O) groups is 3. The summed E-state index contributed by atoms with van der Waals surface area (Å²) in [6.07, 6.45) is 3.79. The van der Waals surface area contributed by atoms with Crippen molar-refractivity contribution in [1.82, 2.24) is 9.80 Å². The Bertz CT molecular complexity index is 859. The van der Waals surface area contributed by atoms with E-state index in [0.29, 0.717) is 24.0 Å². The molecule has 2 aromatic rings. The van der Waals surface area contributed by atoms with Gasteiger partial charge in [0.05, 0.1) is 11.1 Å². The monoisotopic (exact) mass is 376 g/mol. The summed E-state index contributed by atoms with van der Waals surface area (Å²) in [5.41, 5.74) is 2.17. The lowest BCUT2D eigenvalue weighted by Gasteiger charge is -2.25. The summed E-state index contributed by atoms with van der Waals surface area (Å²) >= 11 is 0. The number of benzene rings is 2. The number of likely N-dealkylation sites (tertiary alicyclic amines) is 1. The van der Waals surface area contributed by atoms with Gasteiger partial charge in [-0.1, -0.05) is 42.5 Å². The lowest BCUT2D eigenvalue weighted by Crippen LogP contribution is -2.37. The minimum Gasteiger partial charge on any atom is -0.339 e. The number of imide groups is 1. The number of fused-ring (bicyclic) bond motifs is 1. The summed E-state index contributed by atoms with van der Waals surface area (Å²) in [5, 5.41) is 0. The first-order valence-corrected chi connectivity index (χ1v) is 9.94.